The summed E-state index contributed by atoms with van der Waals surface area (Å²) in [5.41, 5.74) is 6.12. The number of sulfonamides is 1. The van der Waals surface area contributed by atoms with Crippen LogP contribution in [0.5, 0.6) is 0 Å². The maximum Gasteiger partial charge on any atom is 0.408 e. The van der Waals surface area contributed by atoms with Crippen LogP contribution in [0.15, 0.2) is 51.8 Å². The van der Waals surface area contributed by atoms with Crippen LogP contribution in [0.2, 0.25) is 0 Å². The second kappa shape index (κ2) is 27.6. The van der Waals surface area contributed by atoms with E-state index in [2.05, 4.69) is 25.0 Å². The minimum atomic E-state index is -4.41. The second-order valence-electron chi connectivity index (χ2n) is 7.93. The molecule has 0 saturated heterocycles. The fraction of sp³-hybridized carbons (Fsp3) is 0.292. The third-order valence-electron chi connectivity index (χ3n) is 3.53. The molecule has 20 nitrogen and oxygen atoms in total. The number of hydrogen-bond donors (Lipinski definition) is 9. The molecular weight excluding hydrogens is 782 g/mol. The first-order valence-corrected chi connectivity index (χ1v) is 17.7. The number of anilines is 1. The summed E-state index contributed by atoms with van der Waals surface area (Å²) in [5.74, 6) is -6.68. The first kappa shape index (κ1) is 50.2. The van der Waals surface area contributed by atoms with Crippen molar-refractivity contribution < 1.29 is 81.0 Å². The van der Waals surface area contributed by atoms with Gasteiger partial charge in [0.2, 0.25) is 10.0 Å². The van der Waals surface area contributed by atoms with Gasteiger partial charge in [0.05, 0.1) is 18.5 Å². The number of nitrogens with zero attached hydrogens (tertiary/aromatic N) is 3. The standard InChI is InChI=1S/C12H19F3N6O2S4.3C4H4O4/c1-24-10(21-27(2,22)23)17-3-4-25-5-8-6-26-11(19-8)20-9(16)18-7-12(13,14)15;3*5-3(6)1-2-4(7)8/h6H,3-5,7H2,1-2H3,(H,17,21)(H3,16,18,19,20);3*1-2H,(H,5,6)(H,7,8)/b;3*2-1+. The maximum atomic E-state index is 12.1. The largest absolute Gasteiger partial charge is 0.478 e. The van der Waals surface area contributed by atoms with E-state index in [1.165, 1.54) is 34.9 Å². The van der Waals surface area contributed by atoms with Gasteiger partial charge in [-0.25, -0.2) is 47.2 Å². The monoisotopic (exact) mass is 812 g/mol. The van der Waals surface area contributed by atoms with Gasteiger partial charge in [-0.1, -0.05) is 11.8 Å². The average Bonchev–Trinajstić information content (AvgIpc) is 3.43. The number of amidine groups is 1. The van der Waals surface area contributed by atoms with E-state index in [1.54, 1.807) is 11.6 Å². The smallest absolute Gasteiger partial charge is 0.408 e. The number of guanidine groups is 1. The number of nitrogens with two attached hydrogens (primary N) is 1. The molecule has 0 amide bonds. The maximum absolute atomic E-state index is 12.1. The number of thioether (sulfide) groups is 2. The Kier molecular flexibility index (Phi) is 27.2. The number of aliphatic carboxylic acids is 6. The van der Waals surface area contributed by atoms with E-state index in [0.717, 1.165) is 11.9 Å². The number of alkyl halides is 3. The van der Waals surface area contributed by atoms with Gasteiger partial charge in [0, 0.05) is 53.3 Å². The van der Waals surface area contributed by atoms with Gasteiger partial charge < -0.3 is 41.7 Å². The quantitative estimate of drug-likeness (QED) is 0.0549. The van der Waals surface area contributed by atoms with Gasteiger partial charge >= 0.3 is 42.0 Å². The van der Waals surface area contributed by atoms with Gasteiger partial charge in [0.15, 0.2) is 16.3 Å². The molecule has 27 heteroatoms. The van der Waals surface area contributed by atoms with Crippen LogP contribution < -0.4 is 15.8 Å². The molecule has 0 aliphatic rings. The predicted molar refractivity (Wildman–Crippen MR) is 181 cm³/mol. The van der Waals surface area contributed by atoms with Crippen LogP contribution in [0.1, 0.15) is 5.69 Å². The van der Waals surface area contributed by atoms with Crippen LogP contribution in [0.4, 0.5) is 18.3 Å². The van der Waals surface area contributed by atoms with E-state index in [-0.39, 0.29) is 5.96 Å². The van der Waals surface area contributed by atoms with Crippen molar-refractivity contribution >= 4 is 97.0 Å². The molecule has 10 N–H and O–H groups in total. The minimum absolute atomic E-state index is 0.326. The Hall–Kier alpha value is -5.15. The van der Waals surface area contributed by atoms with Crippen LogP contribution in [0.25, 0.3) is 0 Å². The summed E-state index contributed by atoms with van der Waals surface area (Å²) < 4.78 is 60.8. The summed E-state index contributed by atoms with van der Waals surface area (Å²) in [5, 5.41) is 51.8. The SMILES string of the molecule is CSC(=NCCSCc1csc(NC(N)=NCC(F)(F)F)n1)NS(C)(=O)=O.O=C(O)/C=C/C(=O)O.O=C(O)/C=C/C(=O)O.O=C(O)/C=C/C(=O)O. The fourth-order valence-corrected chi connectivity index (χ4v) is 4.80. The molecule has 0 spiro atoms. The summed E-state index contributed by atoms with van der Waals surface area (Å²) in [6.45, 7) is -0.928. The molecule has 286 valence electrons. The lowest BCUT2D eigenvalue weighted by Gasteiger charge is -2.05. The molecule has 51 heavy (non-hydrogen) atoms. The molecule has 1 rings (SSSR count). The summed E-state index contributed by atoms with van der Waals surface area (Å²) >= 11 is 3.94. The normalized spacial score (nSPS) is 11.7. The van der Waals surface area contributed by atoms with Crippen molar-refractivity contribution in [3.63, 3.8) is 0 Å². The Morgan fingerprint density at radius 1 is 0.863 bits per heavy atom. The van der Waals surface area contributed by atoms with E-state index in [0.29, 0.717) is 64.8 Å². The summed E-state index contributed by atoms with van der Waals surface area (Å²) in [4.78, 5) is 68.9. The highest BCUT2D eigenvalue weighted by Crippen LogP contribution is 2.20. The van der Waals surface area contributed by atoms with Crippen molar-refractivity contribution in [3.05, 3.63) is 47.5 Å². The topological polar surface area (TPSA) is 346 Å². The van der Waals surface area contributed by atoms with Gasteiger partial charge in [0.25, 0.3) is 0 Å². The molecule has 1 aromatic rings. The Morgan fingerprint density at radius 3 is 1.61 bits per heavy atom. The van der Waals surface area contributed by atoms with Crippen LogP contribution in [-0.4, -0.2) is 129 Å². The number of halogens is 3. The third kappa shape index (κ3) is 42.8. The van der Waals surface area contributed by atoms with Crippen LogP contribution in [0, 0.1) is 0 Å². The number of rotatable bonds is 14. The Labute approximate surface area is 298 Å². The molecule has 0 aromatic carbocycles. The van der Waals surface area contributed by atoms with Crippen LogP contribution in [-0.2, 0) is 44.5 Å². The Balaban J connectivity index is -0.000000774. The number of thiazole rings is 1. The third-order valence-corrected chi connectivity index (χ3v) is 6.62. The van der Waals surface area contributed by atoms with Crippen LogP contribution >= 0.6 is 34.9 Å². The predicted octanol–water partition coefficient (Wildman–Crippen LogP) is 1.07. The fourth-order valence-electron chi connectivity index (χ4n) is 1.87. The number of aromatic nitrogens is 1. The van der Waals surface area contributed by atoms with Crippen molar-refractivity contribution in [2.24, 2.45) is 15.7 Å². The lowest BCUT2D eigenvalue weighted by molar-refractivity contribution is -0.134. The zero-order chi connectivity index (χ0) is 40.2. The molecule has 1 heterocycles. The van der Waals surface area contributed by atoms with E-state index >= 15 is 0 Å². The van der Waals surface area contributed by atoms with E-state index in [1.807, 2.05) is 0 Å². The Morgan fingerprint density at radius 2 is 1.27 bits per heavy atom. The average molecular weight is 813 g/mol. The number of nitrogens with one attached hydrogen (secondary N) is 2. The van der Waals surface area contributed by atoms with Gasteiger partial charge in [-0.3, -0.25) is 9.71 Å². The summed E-state index contributed by atoms with van der Waals surface area (Å²) in [6.07, 6.45) is 1.71. The lowest BCUT2D eigenvalue weighted by atomic mass is 10.5. The van der Waals surface area contributed by atoms with Gasteiger partial charge in [0.1, 0.15) is 6.54 Å². The number of aliphatic imine (C=N–C) groups is 2. The Bertz CT molecular complexity index is 1450. The van der Waals surface area contributed by atoms with Crippen molar-refractivity contribution in [3.8, 4) is 0 Å². The van der Waals surface area contributed by atoms with Crippen molar-refractivity contribution in [2.75, 3.05) is 36.7 Å². The molecule has 0 bridgehead atoms. The second-order valence-corrected chi connectivity index (χ2v) is 12.4. The van der Waals surface area contributed by atoms with Crippen molar-refractivity contribution in [2.45, 2.75) is 11.9 Å². The molecule has 0 aliphatic heterocycles. The van der Waals surface area contributed by atoms with Crippen molar-refractivity contribution in [1.29, 1.82) is 0 Å². The number of hydrogen-bond acceptors (Lipinski definition) is 14. The summed E-state index contributed by atoms with van der Waals surface area (Å²) in [6, 6.07) is 0. The molecule has 0 fully saturated rings. The molecular formula is C24H31F3N6O14S4. The highest BCUT2D eigenvalue weighted by molar-refractivity contribution is 8.14. The minimum Gasteiger partial charge on any atom is -0.478 e. The molecule has 0 aliphatic carbocycles. The highest BCUT2D eigenvalue weighted by Gasteiger charge is 2.26. The van der Waals surface area contributed by atoms with Crippen molar-refractivity contribution in [1.82, 2.24) is 9.71 Å². The lowest BCUT2D eigenvalue weighted by Crippen LogP contribution is -2.27. The molecule has 1 aromatic heterocycles. The van der Waals surface area contributed by atoms with Gasteiger partial charge in [-0.2, -0.15) is 24.9 Å². The molecule has 0 radical (unpaired) electrons. The molecule has 0 unspecified atom stereocenters. The number of carbonyl (C=O) groups is 6. The van der Waals surface area contributed by atoms with E-state index < -0.39 is 58.6 Å². The zero-order valence-electron chi connectivity index (χ0n) is 26.0. The van der Waals surface area contributed by atoms with E-state index in [4.69, 9.17) is 36.4 Å². The number of carboxylic acid groups (broad SMARTS) is 6. The first-order chi connectivity index (χ1) is 23.4. The molecule has 0 atom stereocenters. The highest BCUT2D eigenvalue weighted by atomic mass is 32.2. The van der Waals surface area contributed by atoms with E-state index in [9.17, 15) is 50.4 Å². The summed E-state index contributed by atoms with van der Waals surface area (Å²) in [7, 11) is -3.35. The zero-order valence-corrected chi connectivity index (χ0v) is 29.3. The first-order valence-electron chi connectivity index (χ1n) is 12.5. The molecule has 0 saturated carbocycles. The van der Waals surface area contributed by atoms with Gasteiger partial charge in [-0.05, 0) is 6.26 Å². The van der Waals surface area contributed by atoms with Gasteiger partial charge in [-0.15, -0.1) is 11.3 Å². The van der Waals surface area contributed by atoms with Crippen LogP contribution in [0.3, 0.4) is 0 Å². The number of carboxylic acids is 6.